The number of amides is 2. The molecule has 0 unspecified atom stereocenters. The zero-order valence-corrected chi connectivity index (χ0v) is 21.8. The fourth-order valence-corrected chi connectivity index (χ4v) is 4.61. The molecule has 5 rings (SSSR count). The number of rotatable bonds is 6. The summed E-state index contributed by atoms with van der Waals surface area (Å²) in [4.78, 5) is 45.7. The Bertz CT molecular complexity index is 1550. The largest absolute Gasteiger partial charge is 0.482 e. The lowest BCUT2D eigenvalue weighted by Crippen LogP contribution is -2.57. The normalized spacial score (nSPS) is 18.0. The molecule has 0 spiro atoms. The van der Waals surface area contributed by atoms with E-state index >= 15 is 0 Å². The number of hydrogen-bond acceptors (Lipinski definition) is 6. The van der Waals surface area contributed by atoms with E-state index in [0.29, 0.717) is 0 Å². The van der Waals surface area contributed by atoms with Gasteiger partial charge < -0.3 is 15.0 Å². The van der Waals surface area contributed by atoms with Crippen LogP contribution in [0.5, 0.6) is 5.75 Å². The molecule has 4 heterocycles. The van der Waals surface area contributed by atoms with E-state index in [2.05, 4.69) is 10.3 Å². The number of fused-ring (bicyclic) bond motifs is 4. The highest BCUT2D eigenvalue weighted by molar-refractivity contribution is 6.30. The number of aromatic nitrogens is 2. The van der Waals surface area contributed by atoms with Crippen LogP contribution in [-0.2, 0) is 13.2 Å². The highest BCUT2D eigenvalue weighted by Gasteiger charge is 2.39. The summed E-state index contributed by atoms with van der Waals surface area (Å²) in [6.45, 7) is 3.53. The molecule has 2 aromatic heterocycles. The van der Waals surface area contributed by atoms with Gasteiger partial charge in [0.2, 0.25) is 5.43 Å². The molecule has 0 saturated heterocycles. The van der Waals surface area contributed by atoms with Crippen molar-refractivity contribution in [1.82, 2.24) is 19.9 Å². The van der Waals surface area contributed by atoms with Gasteiger partial charge in [-0.05, 0) is 19.4 Å². The van der Waals surface area contributed by atoms with Crippen LogP contribution in [0.3, 0.4) is 0 Å². The van der Waals surface area contributed by atoms with Crippen molar-refractivity contribution in [3.63, 3.8) is 0 Å². The Hall–Kier alpha value is -4.25. The van der Waals surface area contributed by atoms with Gasteiger partial charge in [0.15, 0.2) is 23.1 Å². The first kappa shape index (κ1) is 26.4. The molecule has 12 heteroatoms. The molecule has 0 saturated carbocycles. The van der Waals surface area contributed by atoms with Gasteiger partial charge in [-0.2, -0.15) is 0 Å². The molecule has 9 nitrogen and oxygen atoms in total. The summed E-state index contributed by atoms with van der Waals surface area (Å²) < 4.78 is 35.2. The second-order valence-corrected chi connectivity index (χ2v) is 9.63. The maximum absolute atomic E-state index is 14.3. The van der Waals surface area contributed by atoms with Gasteiger partial charge in [-0.15, -0.1) is 0 Å². The highest BCUT2D eigenvalue weighted by Crippen LogP contribution is 2.28. The van der Waals surface area contributed by atoms with Gasteiger partial charge in [-0.25, -0.2) is 8.78 Å². The van der Waals surface area contributed by atoms with Crippen molar-refractivity contribution in [3.8, 4) is 5.75 Å². The number of nitrogens with one attached hydrogen (secondary N) is 1. The van der Waals surface area contributed by atoms with E-state index in [1.807, 2.05) is 49.2 Å². The van der Waals surface area contributed by atoms with Gasteiger partial charge in [0.25, 0.3) is 11.8 Å². The standard InChI is InChI=1S/C27H24ClF2N5O4/c1-15-8-9-16(2)35-14-33(15)27(38)23-25(39-13-17-6-4-3-5-7-17)24(36)18(12-34(23)35)26(37)32-11-20-22(30)21(28)19(29)10-31-20/h3-10,12,15-16H,11,13-14H2,1-2H3,(H,32,37)/t15-,16+/m0/s1. The monoisotopic (exact) mass is 555 g/mol. The Kier molecular flexibility index (Phi) is 7.09. The minimum Gasteiger partial charge on any atom is -0.482 e. The van der Waals surface area contributed by atoms with Crippen molar-refractivity contribution in [3.05, 3.63) is 104 Å². The van der Waals surface area contributed by atoms with E-state index < -0.39 is 40.4 Å². The van der Waals surface area contributed by atoms with Crippen molar-refractivity contribution in [2.45, 2.75) is 39.1 Å². The Balaban J connectivity index is 1.56. The molecule has 2 amide bonds. The number of pyridine rings is 2. The van der Waals surface area contributed by atoms with Crippen LogP contribution in [-0.4, -0.2) is 45.1 Å². The third-order valence-corrected chi connectivity index (χ3v) is 7.04. The van der Waals surface area contributed by atoms with E-state index in [1.165, 1.54) is 10.9 Å². The van der Waals surface area contributed by atoms with Crippen LogP contribution in [0.25, 0.3) is 0 Å². The highest BCUT2D eigenvalue weighted by atomic mass is 35.5. The summed E-state index contributed by atoms with van der Waals surface area (Å²) in [6.07, 6.45) is 5.85. The van der Waals surface area contributed by atoms with Gasteiger partial charge >= 0.3 is 0 Å². The quantitative estimate of drug-likeness (QED) is 0.469. The lowest BCUT2D eigenvalue weighted by atomic mass is 10.1. The van der Waals surface area contributed by atoms with Crippen LogP contribution in [0, 0.1) is 11.6 Å². The van der Waals surface area contributed by atoms with E-state index in [-0.39, 0.29) is 48.1 Å². The molecule has 3 aromatic rings. The molecule has 2 atom stereocenters. The Morgan fingerprint density at radius 1 is 1.15 bits per heavy atom. The fraction of sp³-hybridized carbons (Fsp3) is 0.259. The van der Waals surface area contributed by atoms with E-state index in [9.17, 15) is 23.2 Å². The molecule has 2 aliphatic heterocycles. The number of nitrogens with zero attached hydrogens (tertiary/aromatic N) is 4. The van der Waals surface area contributed by atoms with Crippen LogP contribution in [0.2, 0.25) is 5.02 Å². The number of hydrogen-bond donors (Lipinski definition) is 1. The maximum Gasteiger partial charge on any atom is 0.278 e. The van der Waals surface area contributed by atoms with Gasteiger partial charge in [0, 0.05) is 12.2 Å². The SMILES string of the molecule is C[C@@H]1C=C[C@H](C)N2CN1n1cc(C(=O)NCc3ncc(F)c(Cl)c3F)c(=O)c(OCc3ccccc3)c1C2=O. The summed E-state index contributed by atoms with van der Waals surface area (Å²) in [7, 11) is 0. The molecule has 2 bridgehead atoms. The smallest absolute Gasteiger partial charge is 0.278 e. The molecule has 0 radical (unpaired) electrons. The van der Waals surface area contributed by atoms with Crippen molar-refractivity contribution < 1.29 is 23.1 Å². The number of benzene rings is 1. The molecular weight excluding hydrogens is 532 g/mol. The van der Waals surface area contributed by atoms with Crippen LogP contribution in [0.15, 0.2) is 59.7 Å². The first-order valence-corrected chi connectivity index (χ1v) is 12.5. The zero-order chi connectivity index (χ0) is 27.8. The first-order valence-electron chi connectivity index (χ1n) is 12.2. The third-order valence-electron chi connectivity index (χ3n) is 6.69. The van der Waals surface area contributed by atoms with Crippen LogP contribution in [0.1, 0.15) is 46.0 Å². The molecule has 2 aliphatic rings. The minimum atomic E-state index is -1.11. The molecule has 39 heavy (non-hydrogen) atoms. The topological polar surface area (TPSA) is 96.8 Å². The molecule has 0 fully saturated rings. The van der Waals surface area contributed by atoms with E-state index in [1.54, 1.807) is 17.0 Å². The van der Waals surface area contributed by atoms with Gasteiger partial charge in [-0.3, -0.25) is 29.1 Å². The average Bonchev–Trinajstić information content (AvgIpc) is 3.06. The first-order chi connectivity index (χ1) is 18.7. The second kappa shape index (κ2) is 10.5. The second-order valence-electron chi connectivity index (χ2n) is 9.25. The van der Waals surface area contributed by atoms with E-state index in [0.717, 1.165) is 11.8 Å². The summed E-state index contributed by atoms with van der Waals surface area (Å²) in [5, 5.41) is 3.50. The van der Waals surface area contributed by atoms with Gasteiger partial charge in [0.1, 0.15) is 23.9 Å². The third kappa shape index (κ3) is 4.85. The van der Waals surface area contributed by atoms with Crippen LogP contribution < -0.4 is 20.5 Å². The van der Waals surface area contributed by atoms with Crippen molar-refractivity contribution in [1.29, 1.82) is 0 Å². The predicted octanol–water partition coefficient (Wildman–Crippen LogP) is 3.38. The Morgan fingerprint density at radius 2 is 1.87 bits per heavy atom. The predicted molar refractivity (Wildman–Crippen MR) is 139 cm³/mol. The number of ether oxygens (including phenoxy) is 1. The molecule has 202 valence electrons. The summed E-state index contributed by atoms with van der Waals surface area (Å²) >= 11 is 5.61. The number of carbonyl (C=O) groups excluding carboxylic acids is 2. The van der Waals surface area contributed by atoms with Gasteiger partial charge in [-0.1, -0.05) is 54.1 Å². The lowest BCUT2D eigenvalue weighted by molar-refractivity contribution is 0.0649. The number of halogens is 3. The fourth-order valence-electron chi connectivity index (χ4n) is 4.45. The molecular formula is C27H24ClF2N5O4. The van der Waals surface area contributed by atoms with Crippen LogP contribution in [0.4, 0.5) is 8.78 Å². The Morgan fingerprint density at radius 3 is 2.62 bits per heavy atom. The maximum atomic E-state index is 14.3. The Labute approximate surface area is 227 Å². The van der Waals surface area contributed by atoms with Crippen molar-refractivity contribution >= 4 is 23.4 Å². The van der Waals surface area contributed by atoms with Crippen molar-refractivity contribution in [2.75, 3.05) is 11.7 Å². The average molecular weight is 556 g/mol. The van der Waals surface area contributed by atoms with Crippen LogP contribution >= 0.6 is 11.6 Å². The molecule has 0 aliphatic carbocycles. The molecule has 1 aromatic carbocycles. The zero-order valence-electron chi connectivity index (χ0n) is 21.0. The molecule has 1 N–H and O–H groups in total. The van der Waals surface area contributed by atoms with Gasteiger partial charge in [0.05, 0.1) is 24.5 Å². The van der Waals surface area contributed by atoms with E-state index in [4.69, 9.17) is 16.3 Å². The minimum absolute atomic E-state index is 0.000779. The van der Waals surface area contributed by atoms with Crippen molar-refractivity contribution in [2.24, 2.45) is 0 Å². The number of carbonyl (C=O) groups is 2. The summed E-state index contributed by atoms with van der Waals surface area (Å²) in [6, 6.07) is 8.64. The summed E-state index contributed by atoms with van der Waals surface area (Å²) in [5.74, 6) is -3.71. The lowest BCUT2D eigenvalue weighted by Gasteiger charge is -2.42. The summed E-state index contributed by atoms with van der Waals surface area (Å²) in [5.41, 5.74) is -0.684.